The second-order valence-corrected chi connectivity index (χ2v) is 2.73. The number of nitrogens with zero attached hydrogens (tertiary/aromatic N) is 1. The van der Waals surface area contributed by atoms with Crippen LogP contribution < -0.4 is 10.9 Å². The molecule has 0 radical (unpaired) electrons. The van der Waals surface area contributed by atoms with E-state index >= 15 is 0 Å². The number of hydrazine groups is 1. The molecule has 2 N–H and O–H groups in total. The van der Waals surface area contributed by atoms with Gasteiger partial charge in [0.15, 0.2) is 0 Å². The topological polar surface area (TPSA) is 70.6 Å². The Morgan fingerprint density at radius 1 is 1.43 bits per heavy atom. The van der Waals surface area contributed by atoms with Gasteiger partial charge in [0.25, 0.3) is 5.91 Å². The Balaban J connectivity index is 2.60. The lowest BCUT2D eigenvalue weighted by atomic mass is 10.1. The molecule has 1 amide bonds. The number of nitroso groups, excluding NO2 is 1. The first-order valence-electron chi connectivity index (χ1n) is 4.13. The van der Waals surface area contributed by atoms with Gasteiger partial charge in [-0.3, -0.25) is 10.2 Å². The number of aryl methyl sites for hydroxylation is 1. The normalized spacial score (nSPS) is 9.50. The Morgan fingerprint density at radius 2 is 2.14 bits per heavy atom. The molecule has 0 aliphatic heterocycles. The molecule has 5 heteroatoms. The molecular formula is C9H11N3O2. The highest BCUT2D eigenvalue weighted by molar-refractivity contribution is 5.95. The van der Waals surface area contributed by atoms with Crippen LogP contribution in [0.2, 0.25) is 0 Å². The maximum absolute atomic E-state index is 11.4. The lowest BCUT2D eigenvalue weighted by molar-refractivity contribution is 0.0933. The van der Waals surface area contributed by atoms with Crippen LogP contribution in [0.3, 0.4) is 0 Å². The molecule has 0 aliphatic rings. The lowest BCUT2D eigenvalue weighted by Gasteiger charge is -2.05. The molecule has 1 aromatic rings. The van der Waals surface area contributed by atoms with Gasteiger partial charge in [0, 0.05) is 5.56 Å². The van der Waals surface area contributed by atoms with Gasteiger partial charge in [-0.2, -0.15) is 0 Å². The number of carbonyl (C=O) groups is 1. The standard InChI is InChI=1S/C9H11N3O2/c1-7-4-2-3-5-8(7)9(13)12-10-6-11-14/h2-5,10H,6H2,1H3,(H,12,13). The van der Waals surface area contributed by atoms with Crippen molar-refractivity contribution in [3.8, 4) is 0 Å². The summed E-state index contributed by atoms with van der Waals surface area (Å²) in [5.74, 6) is -0.272. The van der Waals surface area contributed by atoms with Crippen molar-refractivity contribution in [3.63, 3.8) is 0 Å². The summed E-state index contributed by atoms with van der Waals surface area (Å²) >= 11 is 0. The lowest BCUT2D eigenvalue weighted by Crippen LogP contribution is -2.37. The van der Waals surface area contributed by atoms with Gasteiger partial charge < -0.3 is 0 Å². The Bertz CT molecular complexity index is 339. The van der Waals surface area contributed by atoms with Gasteiger partial charge >= 0.3 is 0 Å². The Kier molecular flexibility index (Phi) is 3.75. The van der Waals surface area contributed by atoms with Crippen molar-refractivity contribution in [1.82, 2.24) is 10.9 Å². The van der Waals surface area contributed by atoms with E-state index in [1.165, 1.54) is 0 Å². The predicted octanol–water partition coefficient (Wildman–Crippen LogP) is 0.953. The zero-order valence-corrected chi connectivity index (χ0v) is 7.78. The number of nitrogens with one attached hydrogen (secondary N) is 2. The molecule has 5 nitrogen and oxygen atoms in total. The summed E-state index contributed by atoms with van der Waals surface area (Å²) in [5.41, 5.74) is 6.20. The van der Waals surface area contributed by atoms with Crippen molar-refractivity contribution >= 4 is 5.91 Å². The minimum absolute atomic E-state index is 0.141. The van der Waals surface area contributed by atoms with E-state index < -0.39 is 0 Å². The maximum atomic E-state index is 11.4. The van der Waals surface area contributed by atoms with E-state index in [1.54, 1.807) is 12.1 Å². The molecule has 0 aromatic heterocycles. The van der Waals surface area contributed by atoms with Crippen molar-refractivity contribution in [1.29, 1.82) is 0 Å². The van der Waals surface area contributed by atoms with Gasteiger partial charge in [0.1, 0.15) is 6.67 Å². The van der Waals surface area contributed by atoms with E-state index in [1.807, 2.05) is 19.1 Å². The van der Waals surface area contributed by atoms with Gasteiger partial charge in [-0.05, 0) is 18.6 Å². The fraction of sp³-hybridized carbons (Fsp3) is 0.222. The smallest absolute Gasteiger partial charge is 0.265 e. The van der Waals surface area contributed by atoms with E-state index in [2.05, 4.69) is 16.0 Å². The second-order valence-electron chi connectivity index (χ2n) is 2.73. The highest BCUT2D eigenvalue weighted by Crippen LogP contribution is 2.05. The number of carbonyl (C=O) groups excluding carboxylic acids is 1. The monoisotopic (exact) mass is 193 g/mol. The van der Waals surface area contributed by atoms with Crippen LogP contribution in [-0.2, 0) is 0 Å². The van der Waals surface area contributed by atoms with E-state index in [-0.39, 0.29) is 12.6 Å². The van der Waals surface area contributed by atoms with Crippen LogP contribution in [0.4, 0.5) is 0 Å². The number of rotatable bonds is 4. The van der Waals surface area contributed by atoms with Gasteiger partial charge in [-0.15, -0.1) is 4.91 Å². The van der Waals surface area contributed by atoms with Crippen LogP contribution in [-0.4, -0.2) is 12.6 Å². The summed E-state index contributed by atoms with van der Waals surface area (Å²) < 4.78 is 0. The molecule has 0 unspecified atom stereocenters. The molecule has 0 bridgehead atoms. The average Bonchev–Trinajstić information content (AvgIpc) is 2.18. The highest BCUT2D eigenvalue weighted by Gasteiger charge is 2.06. The van der Waals surface area contributed by atoms with E-state index in [4.69, 9.17) is 0 Å². The molecule has 1 rings (SSSR count). The fourth-order valence-corrected chi connectivity index (χ4v) is 1.05. The molecule has 0 saturated carbocycles. The van der Waals surface area contributed by atoms with Crippen molar-refractivity contribution < 1.29 is 4.79 Å². The van der Waals surface area contributed by atoms with Crippen LogP contribution in [0.25, 0.3) is 0 Å². The number of hydrogen-bond acceptors (Lipinski definition) is 4. The third-order valence-corrected chi connectivity index (χ3v) is 1.74. The summed E-state index contributed by atoms with van der Waals surface area (Å²) in [5, 5.41) is 2.55. The minimum Gasteiger partial charge on any atom is -0.286 e. The molecule has 0 aliphatic carbocycles. The zero-order valence-electron chi connectivity index (χ0n) is 7.78. The van der Waals surface area contributed by atoms with Gasteiger partial charge in [-0.25, -0.2) is 5.43 Å². The van der Waals surface area contributed by atoms with Crippen LogP contribution in [0.5, 0.6) is 0 Å². The van der Waals surface area contributed by atoms with E-state index in [0.29, 0.717) is 5.56 Å². The maximum Gasteiger partial charge on any atom is 0.265 e. The number of amides is 1. The van der Waals surface area contributed by atoms with Crippen LogP contribution in [0, 0.1) is 11.8 Å². The largest absolute Gasteiger partial charge is 0.286 e. The molecular weight excluding hydrogens is 182 g/mol. The Hall–Kier alpha value is -1.75. The fourth-order valence-electron chi connectivity index (χ4n) is 1.05. The number of benzene rings is 1. The minimum atomic E-state index is -0.272. The molecule has 74 valence electrons. The van der Waals surface area contributed by atoms with Crippen molar-refractivity contribution in [2.45, 2.75) is 6.92 Å². The third kappa shape index (κ3) is 2.63. The summed E-state index contributed by atoms with van der Waals surface area (Å²) in [4.78, 5) is 21.1. The first-order valence-corrected chi connectivity index (χ1v) is 4.13. The molecule has 0 fully saturated rings. The van der Waals surface area contributed by atoms with Gasteiger partial charge in [-0.1, -0.05) is 23.4 Å². The summed E-state index contributed by atoms with van der Waals surface area (Å²) in [6.45, 7) is 1.70. The molecule has 1 aromatic carbocycles. The average molecular weight is 193 g/mol. The van der Waals surface area contributed by atoms with Crippen LogP contribution >= 0.6 is 0 Å². The molecule has 0 saturated heterocycles. The molecule has 14 heavy (non-hydrogen) atoms. The Morgan fingerprint density at radius 3 is 2.79 bits per heavy atom. The molecule has 0 heterocycles. The quantitative estimate of drug-likeness (QED) is 0.425. The second kappa shape index (κ2) is 5.08. The van der Waals surface area contributed by atoms with Gasteiger partial charge in [0.05, 0.1) is 0 Å². The van der Waals surface area contributed by atoms with Crippen molar-refractivity contribution in [3.05, 3.63) is 40.3 Å². The SMILES string of the molecule is Cc1ccccc1C(=O)NNCN=O. The molecule has 0 atom stereocenters. The molecule has 0 spiro atoms. The number of hydrogen-bond donors (Lipinski definition) is 2. The predicted molar refractivity (Wildman–Crippen MR) is 52.4 cm³/mol. The zero-order chi connectivity index (χ0) is 10.4. The van der Waals surface area contributed by atoms with Crippen molar-refractivity contribution in [2.24, 2.45) is 5.18 Å². The first-order chi connectivity index (χ1) is 6.75. The third-order valence-electron chi connectivity index (χ3n) is 1.74. The van der Waals surface area contributed by atoms with Crippen LogP contribution in [0.15, 0.2) is 29.4 Å². The summed E-state index contributed by atoms with van der Waals surface area (Å²) in [6, 6.07) is 7.18. The summed E-state index contributed by atoms with van der Waals surface area (Å²) in [7, 11) is 0. The highest BCUT2D eigenvalue weighted by atomic mass is 16.3. The van der Waals surface area contributed by atoms with Crippen molar-refractivity contribution in [2.75, 3.05) is 6.67 Å². The van der Waals surface area contributed by atoms with Gasteiger partial charge in [0.2, 0.25) is 0 Å². The van der Waals surface area contributed by atoms with Crippen LogP contribution in [0.1, 0.15) is 15.9 Å². The van der Waals surface area contributed by atoms with E-state index in [0.717, 1.165) is 5.56 Å². The van der Waals surface area contributed by atoms with E-state index in [9.17, 15) is 9.70 Å². The summed E-state index contributed by atoms with van der Waals surface area (Å²) in [6.07, 6.45) is 0. The Labute approximate surface area is 81.5 Å². The first kappa shape index (κ1) is 10.3.